The van der Waals surface area contributed by atoms with E-state index >= 15 is 0 Å². The third-order valence-corrected chi connectivity index (χ3v) is 6.20. The summed E-state index contributed by atoms with van der Waals surface area (Å²) in [7, 11) is 0. The fourth-order valence-corrected chi connectivity index (χ4v) is 4.18. The number of unbranched alkanes of at least 4 members (excludes halogenated alkanes) is 3. The van der Waals surface area contributed by atoms with E-state index in [-0.39, 0.29) is 36.4 Å². The van der Waals surface area contributed by atoms with Gasteiger partial charge in [0.25, 0.3) is 0 Å². The lowest BCUT2D eigenvalue weighted by Crippen LogP contribution is -2.24. The fourth-order valence-electron chi connectivity index (χ4n) is 4.18. The Morgan fingerprint density at radius 1 is 1.22 bits per heavy atom. The SMILES string of the molecule is CCCCC[C@H](O)/C=C/[C@H]1[C@H](O)CC(=O)[C@@H]1C/C=C\CCCC(=O)Oc1ccc(/C=N/NC(N)=O)cc1. The zero-order valence-corrected chi connectivity index (χ0v) is 21.4. The van der Waals surface area contributed by atoms with Crippen LogP contribution in [0, 0.1) is 11.8 Å². The molecule has 4 atom stereocenters. The number of carbonyl (C=O) groups excluding carboxylic acids is 3. The molecule has 9 heteroatoms. The van der Waals surface area contributed by atoms with Crippen LogP contribution < -0.4 is 15.9 Å². The van der Waals surface area contributed by atoms with Gasteiger partial charge in [0.05, 0.1) is 18.4 Å². The molecule has 0 heterocycles. The average Bonchev–Trinajstić information content (AvgIpc) is 3.12. The third-order valence-electron chi connectivity index (χ3n) is 6.20. The summed E-state index contributed by atoms with van der Waals surface area (Å²) in [4.78, 5) is 35.0. The molecule has 0 bridgehead atoms. The van der Waals surface area contributed by atoms with Crippen molar-refractivity contribution in [2.45, 2.75) is 76.9 Å². The summed E-state index contributed by atoms with van der Waals surface area (Å²) >= 11 is 0. The Kier molecular flexibility index (Phi) is 13.3. The highest BCUT2D eigenvalue weighted by Gasteiger charge is 2.39. The number of ether oxygens (including phenoxy) is 1. The molecule has 0 aromatic heterocycles. The van der Waals surface area contributed by atoms with E-state index in [2.05, 4.69) is 17.5 Å². The third kappa shape index (κ3) is 11.5. The van der Waals surface area contributed by atoms with E-state index in [1.807, 2.05) is 12.2 Å². The molecule has 9 nitrogen and oxygen atoms in total. The Labute approximate surface area is 218 Å². The second-order valence-electron chi connectivity index (χ2n) is 9.25. The lowest BCUT2D eigenvalue weighted by molar-refractivity contribution is -0.134. The van der Waals surface area contributed by atoms with Gasteiger partial charge in [-0.3, -0.25) is 9.59 Å². The predicted octanol–water partition coefficient (Wildman–Crippen LogP) is 3.77. The number of hydrogen-bond acceptors (Lipinski definition) is 7. The van der Waals surface area contributed by atoms with Gasteiger partial charge in [0.15, 0.2) is 0 Å². The molecule has 0 spiro atoms. The number of Topliss-reactive ketones (excluding diaryl/α,β-unsaturated/α-hetero) is 1. The van der Waals surface area contributed by atoms with Crippen molar-refractivity contribution in [3.05, 3.63) is 54.1 Å². The molecule has 0 radical (unpaired) electrons. The molecule has 1 aromatic rings. The lowest BCUT2D eigenvalue weighted by atomic mass is 9.90. The van der Waals surface area contributed by atoms with Crippen LogP contribution in [0.2, 0.25) is 0 Å². The zero-order valence-electron chi connectivity index (χ0n) is 21.4. The number of ketones is 1. The summed E-state index contributed by atoms with van der Waals surface area (Å²) in [5.41, 5.74) is 7.72. The van der Waals surface area contributed by atoms with Gasteiger partial charge in [-0.2, -0.15) is 5.10 Å². The van der Waals surface area contributed by atoms with Crippen molar-refractivity contribution < 1.29 is 29.3 Å². The summed E-state index contributed by atoms with van der Waals surface area (Å²) < 4.78 is 5.32. The number of benzene rings is 1. The normalized spacial score (nSPS) is 20.7. The number of urea groups is 1. The maximum atomic E-state index is 12.4. The molecule has 37 heavy (non-hydrogen) atoms. The van der Waals surface area contributed by atoms with Crippen molar-refractivity contribution in [2.24, 2.45) is 22.7 Å². The van der Waals surface area contributed by atoms with E-state index in [0.717, 1.165) is 19.3 Å². The number of allylic oxidation sites excluding steroid dienone is 2. The molecule has 2 amide bonds. The minimum Gasteiger partial charge on any atom is -0.427 e. The van der Waals surface area contributed by atoms with Crippen LogP contribution in [-0.2, 0) is 9.59 Å². The first-order valence-electron chi connectivity index (χ1n) is 12.9. The topological polar surface area (TPSA) is 151 Å². The summed E-state index contributed by atoms with van der Waals surface area (Å²) in [6, 6.07) is 5.88. The Morgan fingerprint density at radius 3 is 2.68 bits per heavy atom. The Hall–Kier alpha value is -3.30. The van der Waals surface area contributed by atoms with Crippen molar-refractivity contribution in [1.29, 1.82) is 0 Å². The molecule has 5 N–H and O–H groups in total. The number of rotatable bonds is 15. The van der Waals surface area contributed by atoms with Gasteiger partial charge in [-0.25, -0.2) is 10.2 Å². The second kappa shape index (κ2) is 16.4. The lowest BCUT2D eigenvalue weighted by Gasteiger charge is -2.16. The zero-order chi connectivity index (χ0) is 27.0. The molecule has 202 valence electrons. The minimum absolute atomic E-state index is 0.0391. The summed E-state index contributed by atoms with van der Waals surface area (Å²) in [5, 5.41) is 24.1. The van der Waals surface area contributed by atoms with E-state index < -0.39 is 18.2 Å². The molecule has 1 fully saturated rings. The monoisotopic (exact) mass is 513 g/mol. The largest absolute Gasteiger partial charge is 0.427 e. The minimum atomic E-state index is -0.756. The quantitative estimate of drug-likeness (QED) is 0.0700. The number of esters is 1. The van der Waals surface area contributed by atoms with Crippen LogP contribution >= 0.6 is 0 Å². The fraction of sp³-hybridized carbons (Fsp3) is 0.500. The molecule has 2 rings (SSSR count). The number of amides is 2. The number of nitrogens with zero attached hydrogens (tertiary/aromatic N) is 1. The number of nitrogens with two attached hydrogens (primary N) is 1. The van der Waals surface area contributed by atoms with Crippen LogP contribution in [0.1, 0.15) is 70.3 Å². The molecule has 0 unspecified atom stereocenters. The van der Waals surface area contributed by atoms with E-state index in [4.69, 9.17) is 10.5 Å². The van der Waals surface area contributed by atoms with Gasteiger partial charge in [-0.1, -0.05) is 50.5 Å². The molecular weight excluding hydrogens is 474 g/mol. The first kappa shape index (κ1) is 29.9. The smallest absolute Gasteiger partial charge is 0.332 e. The van der Waals surface area contributed by atoms with E-state index in [1.165, 1.54) is 6.21 Å². The number of primary amides is 1. The van der Waals surface area contributed by atoms with Gasteiger partial charge in [-0.05, 0) is 55.5 Å². The highest BCUT2D eigenvalue weighted by atomic mass is 16.5. The van der Waals surface area contributed by atoms with Crippen molar-refractivity contribution in [3.8, 4) is 5.75 Å². The molecule has 1 saturated carbocycles. The summed E-state index contributed by atoms with van der Waals surface area (Å²) in [6.45, 7) is 2.11. The molecule has 1 aromatic carbocycles. The number of aliphatic hydroxyl groups excluding tert-OH is 2. The average molecular weight is 514 g/mol. The Bertz CT molecular complexity index is 957. The predicted molar refractivity (Wildman–Crippen MR) is 142 cm³/mol. The first-order valence-corrected chi connectivity index (χ1v) is 12.9. The van der Waals surface area contributed by atoms with Gasteiger partial charge in [0.2, 0.25) is 0 Å². The van der Waals surface area contributed by atoms with E-state index in [9.17, 15) is 24.6 Å². The summed E-state index contributed by atoms with van der Waals surface area (Å²) in [5.74, 6) is -0.479. The number of aliphatic hydroxyl groups is 2. The van der Waals surface area contributed by atoms with Gasteiger partial charge >= 0.3 is 12.0 Å². The van der Waals surface area contributed by atoms with Gasteiger partial charge in [-0.15, -0.1) is 0 Å². The van der Waals surface area contributed by atoms with Crippen molar-refractivity contribution in [3.63, 3.8) is 0 Å². The number of nitrogens with one attached hydrogen (secondary N) is 1. The standard InChI is InChI=1S/C28H39N3O6/c1-2-3-6-9-21(32)14-17-24-23(25(33)18-26(24)34)10-7-4-5-8-11-27(35)37-22-15-12-20(13-16-22)19-30-31-28(29)36/h4,7,12-17,19,21,23-24,26,32,34H,2-3,5-6,8-11,18H2,1H3,(H3,29,31,36)/b7-4-,17-14+,30-19+/t21-,23+,24+,26+/m0/s1. The molecule has 1 aliphatic rings. The van der Waals surface area contributed by atoms with Gasteiger partial charge in [0, 0.05) is 24.7 Å². The molecule has 1 aliphatic carbocycles. The maximum Gasteiger partial charge on any atom is 0.332 e. The van der Waals surface area contributed by atoms with Crippen LogP contribution in [0.15, 0.2) is 53.7 Å². The van der Waals surface area contributed by atoms with Crippen LogP contribution in [0.5, 0.6) is 5.75 Å². The van der Waals surface area contributed by atoms with Crippen LogP contribution in [0.25, 0.3) is 0 Å². The Balaban J connectivity index is 1.71. The molecule has 0 aliphatic heterocycles. The van der Waals surface area contributed by atoms with E-state index in [1.54, 1.807) is 36.4 Å². The van der Waals surface area contributed by atoms with Crippen LogP contribution in [-0.4, -0.2) is 46.4 Å². The van der Waals surface area contributed by atoms with Crippen LogP contribution in [0.3, 0.4) is 0 Å². The Morgan fingerprint density at radius 2 is 1.97 bits per heavy atom. The van der Waals surface area contributed by atoms with Gasteiger partial charge in [0.1, 0.15) is 11.5 Å². The number of hydrazone groups is 1. The van der Waals surface area contributed by atoms with E-state index in [0.29, 0.717) is 37.0 Å². The van der Waals surface area contributed by atoms with Crippen molar-refractivity contribution in [2.75, 3.05) is 0 Å². The number of carbonyl (C=O) groups is 3. The van der Waals surface area contributed by atoms with Crippen molar-refractivity contribution >= 4 is 24.0 Å². The maximum absolute atomic E-state index is 12.4. The van der Waals surface area contributed by atoms with Crippen LogP contribution in [0.4, 0.5) is 4.79 Å². The highest BCUT2D eigenvalue weighted by molar-refractivity contribution is 5.85. The number of hydrogen-bond donors (Lipinski definition) is 4. The molecular formula is C28H39N3O6. The van der Waals surface area contributed by atoms with Gasteiger partial charge < -0.3 is 20.7 Å². The summed E-state index contributed by atoms with van der Waals surface area (Å²) in [6.07, 6.45) is 13.5. The molecule has 0 saturated heterocycles. The first-order chi connectivity index (χ1) is 17.8. The highest BCUT2D eigenvalue weighted by Crippen LogP contribution is 2.33. The second-order valence-corrected chi connectivity index (χ2v) is 9.25. The van der Waals surface area contributed by atoms with Crippen molar-refractivity contribution in [1.82, 2.24) is 5.43 Å².